The summed E-state index contributed by atoms with van der Waals surface area (Å²) >= 11 is 0. The minimum absolute atomic E-state index is 0.222. The fourth-order valence-corrected chi connectivity index (χ4v) is 1.82. The van der Waals surface area contributed by atoms with Crippen molar-refractivity contribution in [2.45, 2.75) is 39.5 Å². The molecule has 3 nitrogen and oxygen atoms in total. The minimum atomic E-state index is 0.222. The summed E-state index contributed by atoms with van der Waals surface area (Å²) in [5.74, 6) is 1.49. The van der Waals surface area contributed by atoms with E-state index in [9.17, 15) is 0 Å². The van der Waals surface area contributed by atoms with Crippen molar-refractivity contribution in [2.24, 2.45) is 0 Å². The van der Waals surface area contributed by atoms with Gasteiger partial charge in [0.15, 0.2) is 18.3 Å². The van der Waals surface area contributed by atoms with Crippen LogP contribution >= 0.6 is 0 Å². The Bertz CT molecular complexity index is 413. The van der Waals surface area contributed by atoms with E-state index in [0.717, 1.165) is 35.5 Å². The number of methoxy groups -OCH3 is 1. The van der Waals surface area contributed by atoms with E-state index < -0.39 is 0 Å². The SMILES string of the molecule is C=C(CC)c1ccc(OCOC)c(OCCCCC)c1. The molecule has 1 aromatic carbocycles. The first kappa shape index (κ1) is 16.6. The first-order chi connectivity index (χ1) is 9.72. The summed E-state index contributed by atoms with van der Waals surface area (Å²) in [7, 11) is 1.61. The summed E-state index contributed by atoms with van der Waals surface area (Å²) in [4.78, 5) is 0. The fraction of sp³-hybridized carbons (Fsp3) is 0.529. The Balaban J connectivity index is 2.79. The van der Waals surface area contributed by atoms with Crippen LogP contribution in [0.1, 0.15) is 45.1 Å². The molecule has 0 aliphatic rings. The van der Waals surface area contributed by atoms with Crippen molar-refractivity contribution in [3.8, 4) is 11.5 Å². The van der Waals surface area contributed by atoms with Gasteiger partial charge in [-0.2, -0.15) is 0 Å². The van der Waals surface area contributed by atoms with Crippen LogP contribution in [0.25, 0.3) is 5.57 Å². The molecule has 0 saturated heterocycles. The summed E-state index contributed by atoms with van der Waals surface area (Å²) in [5, 5.41) is 0. The molecule has 3 heteroatoms. The van der Waals surface area contributed by atoms with Crippen LogP contribution in [0.3, 0.4) is 0 Å². The van der Waals surface area contributed by atoms with Gasteiger partial charge in [-0.15, -0.1) is 0 Å². The molecule has 1 aromatic rings. The zero-order chi connectivity index (χ0) is 14.8. The van der Waals surface area contributed by atoms with Gasteiger partial charge in [0, 0.05) is 7.11 Å². The molecule has 0 saturated carbocycles. The van der Waals surface area contributed by atoms with Crippen molar-refractivity contribution in [1.82, 2.24) is 0 Å². The predicted molar refractivity (Wildman–Crippen MR) is 83.3 cm³/mol. The molecule has 0 heterocycles. The quantitative estimate of drug-likeness (QED) is 0.460. The fourth-order valence-electron chi connectivity index (χ4n) is 1.82. The highest BCUT2D eigenvalue weighted by molar-refractivity contribution is 5.66. The molecule has 0 fully saturated rings. The maximum atomic E-state index is 5.85. The highest BCUT2D eigenvalue weighted by Crippen LogP contribution is 2.31. The average Bonchev–Trinajstić information content (AvgIpc) is 2.49. The van der Waals surface area contributed by atoms with E-state index in [1.165, 1.54) is 12.8 Å². The van der Waals surface area contributed by atoms with E-state index >= 15 is 0 Å². The van der Waals surface area contributed by atoms with E-state index in [1.54, 1.807) is 7.11 Å². The molecule has 0 spiro atoms. The lowest BCUT2D eigenvalue weighted by Crippen LogP contribution is -2.04. The van der Waals surface area contributed by atoms with Gasteiger partial charge in [-0.1, -0.05) is 39.3 Å². The number of ether oxygens (including phenoxy) is 3. The monoisotopic (exact) mass is 278 g/mol. The Labute approximate surface area is 122 Å². The molecule has 0 bridgehead atoms. The lowest BCUT2D eigenvalue weighted by atomic mass is 10.1. The van der Waals surface area contributed by atoms with Crippen LogP contribution in [0.2, 0.25) is 0 Å². The van der Waals surface area contributed by atoms with Crippen LogP contribution < -0.4 is 9.47 Å². The Hall–Kier alpha value is -1.48. The summed E-state index contributed by atoms with van der Waals surface area (Å²) in [6, 6.07) is 5.93. The first-order valence-corrected chi connectivity index (χ1v) is 7.29. The van der Waals surface area contributed by atoms with Gasteiger partial charge in [0.2, 0.25) is 0 Å². The van der Waals surface area contributed by atoms with Gasteiger partial charge in [0.1, 0.15) is 0 Å². The van der Waals surface area contributed by atoms with Gasteiger partial charge >= 0.3 is 0 Å². The van der Waals surface area contributed by atoms with Gasteiger partial charge in [-0.05, 0) is 36.1 Å². The molecule has 0 N–H and O–H groups in total. The topological polar surface area (TPSA) is 27.7 Å². The van der Waals surface area contributed by atoms with Crippen LogP contribution in [0.5, 0.6) is 11.5 Å². The third-order valence-corrected chi connectivity index (χ3v) is 3.12. The molecule has 0 aliphatic heterocycles. The Morgan fingerprint density at radius 1 is 1.10 bits per heavy atom. The van der Waals surface area contributed by atoms with Crippen molar-refractivity contribution in [2.75, 3.05) is 20.5 Å². The van der Waals surface area contributed by atoms with Crippen molar-refractivity contribution in [3.05, 3.63) is 30.3 Å². The number of hydrogen-bond acceptors (Lipinski definition) is 3. The molecule has 0 amide bonds. The molecule has 0 aliphatic carbocycles. The van der Waals surface area contributed by atoms with Crippen LogP contribution in [0.4, 0.5) is 0 Å². The number of benzene rings is 1. The maximum Gasteiger partial charge on any atom is 0.188 e. The Kier molecular flexibility index (Phi) is 7.81. The summed E-state index contributed by atoms with van der Waals surface area (Å²) in [6.45, 7) is 9.27. The van der Waals surface area contributed by atoms with Crippen molar-refractivity contribution in [3.63, 3.8) is 0 Å². The molecule has 0 aromatic heterocycles. The lowest BCUT2D eigenvalue weighted by Gasteiger charge is -2.14. The normalized spacial score (nSPS) is 10.3. The van der Waals surface area contributed by atoms with Gasteiger partial charge in [-0.3, -0.25) is 0 Å². The molecular formula is C17H26O3. The molecule has 1 rings (SSSR count). The highest BCUT2D eigenvalue weighted by Gasteiger charge is 2.08. The Morgan fingerprint density at radius 2 is 1.90 bits per heavy atom. The van der Waals surface area contributed by atoms with Crippen LogP contribution in [0.15, 0.2) is 24.8 Å². The summed E-state index contributed by atoms with van der Waals surface area (Å²) in [5.41, 5.74) is 2.20. The second-order valence-corrected chi connectivity index (χ2v) is 4.73. The predicted octanol–water partition coefficient (Wildman–Crippen LogP) is 4.66. The molecule has 20 heavy (non-hydrogen) atoms. The zero-order valence-electron chi connectivity index (χ0n) is 12.9. The van der Waals surface area contributed by atoms with Gasteiger partial charge in [0.25, 0.3) is 0 Å². The Morgan fingerprint density at radius 3 is 2.55 bits per heavy atom. The van der Waals surface area contributed by atoms with E-state index in [-0.39, 0.29) is 6.79 Å². The van der Waals surface area contributed by atoms with E-state index in [4.69, 9.17) is 14.2 Å². The molecule has 112 valence electrons. The van der Waals surface area contributed by atoms with Crippen molar-refractivity contribution >= 4 is 5.57 Å². The first-order valence-electron chi connectivity index (χ1n) is 7.29. The maximum absolute atomic E-state index is 5.85. The molecule has 0 unspecified atom stereocenters. The highest BCUT2D eigenvalue weighted by atomic mass is 16.7. The standard InChI is InChI=1S/C17H26O3/c1-5-7-8-11-19-17-12-15(14(3)6-2)9-10-16(17)20-13-18-4/h9-10,12H,3,5-8,11,13H2,1-2,4H3. The van der Waals surface area contributed by atoms with Gasteiger partial charge < -0.3 is 14.2 Å². The molecular weight excluding hydrogens is 252 g/mol. The number of allylic oxidation sites excluding steroid dienone is 1. The smallest absolute Gasteiger partial charge is 0.188 e. The number of hydrogen-bond donors (Lipinski definition) is 0. The number of rotatable bonds is 10. The van der Waals surface area contributed by atoms with Crippen molar-refractivity contribution < 1.29 is 14.2 Å². The van der Waals surface area contributed by atoms with Gasteiger partial charge in [-0.25, -0.2) is 0 Å². The second kappa shape index (κ2) is 9.43. The van der Waals surface area contributed by atoms with Crippen LogP contribution in [-0.2, 0) is 4.74 Å². The lowest BCUT2D eigenvalue weighted by molar-refractivity contribution is 0.0485. The van der Waals surface area contributed by atoms with E-state index in [0.29, 0.717) is 6.61 Å². The van der Waals surface area contributed by atoms with Crippen molar-refractivity contribution in [1.29, 1.82) is 0 Å². The van der Waals surface area contributed by atoms with E-state index in [1.807, 2.05) is 18.2 Å². The zero-order valence-corrected chi connectivity index (χ0v) is 12.9. The molecule has 0 atom stereocenters. The van der Waals surface area contributed by atoms with E-state index in [2.05, 4.69) is 20.4 Å². The van der Waals surface area contributed by atoms with Crippen LogP contribution in [0, 0.1) is 0 Å². The molecule has 0 radical (unpaired) electrons. The average molecular weight is 278 g/mol. The second-order valence-electron chi connectivity index (χ2n) is 4.73. The van der Waals surface area contributed by atoms with Gasteiger partial charge in [0.05, 0.1) is 6.61 Å². The largest absolute Gasteiger partial charge is 0.490 e. The summed E-state index contributed by atoms with van der Waals surface area (Å²) < 4.78 is 16.3. The summed E-state index contributed by atoms with van der Waals surface area (Å²) in [6.07, 6.45) is 4.34. The third-order valence-electron chi connectivity index (χ3n) is 3.12. The number of unbranched alkanes of at least 4 members (excludes halogenated alkanes) is 2. The third kappa shape index (κ3) is 5.25. The minimum Gasteiger partial charge on any atom is -0.490 e. The van der Waals surface area contributed by atoms with Crippen LogP contribution in [-0.4, -0.2) is 20.5 Å².